The molecule has 0 aromatic heterocycles. The Bertz CT molecular complexity index is 3900. The fourth-order valence-electron chi connectivity index (χ4n) is 12.8. The second-order valence-corrected chi connectivity index (χ2v) is 30.3. The maximum atomic E-state index is 14.5. The number of nitrogens with one attached hydrogen (secondary N) is 3. The first-order chi connectivity index (χ1) is 44.4. The summed E-state index contributed by atoms with van der Waals surface area (Å²) in [6.45, 7) is 13.1. The van der Waals surface area contributed by atoms with Gasteiger partial charge in [-0.25, -0.2) is 21.6 Å². The van der Waals surface area contributed by atoms with Gasteiger partial charge >= 0.3 is 5.51 Å². The van der Waals surface area contributed by atoms with Crippen molar-refractivity contribution in [1.82, 2.24) is 29.6 Å². The molecular formula is C69H78ClF3N8O9S3. The number of fused-ring (bicyclic) bond motifs is 1. The van der Waals surface area contributed by atoms with E-state index in [1.54, 1.807) is 30.3 Å². The van der Waals surface area contributed by atoms with Crippen LogP contribution in [0.15, 0.2) is 136 Å². The van der Waals surface area contributed by atoms with Crippen LogP contribution in [0.4, 0.5) is 24.5 Å². The van der Waals surface area contributed by atoms with Crippen molar-refractivity contribution in [3.8, 4) is 11.8 Å². The zero-order chi connectivity index (χ0) is 66.1. The Hall–Kier alpha value is -7.04. The van der Waals surface area contributed by atoms with E-state index in [0.29, 0.717) is 41.8 Å². The minimum Gasteiger partial charge on any atom is -0.380 e. The highest BCUT2D eigenvalue weighted by Gasteiger charge is 2.49. The summed E-state index contributed by atoms with van der Waals surface area (Å²) < 4.78 is 99.9. The number of piperidine rings is 1. The molecule has 0 bridgehead atoms. The highest BCUT2D eigenvalue weighted by atomic mass is 35.5. The molecule has 3 saturated heterocycles. The standard InChI is InChI=1S/C69H78ClF3N8O9S3/c1-68(2)33-31-57(48-19-23-52(70)24-20-48)51(45-68)46-79-40-42-80(43-41-79)54-25-21-50(22-26-54)64(83)76-93(89,90)56-27-28-59(61(44-56)92(87,88)69(71,72)73)74-53(47-91-55-16-10-8-11-17-55)32-35-78-38-36-77(37-39-78)34-12-7-5-3-4-6-9-14-49-15-13-18-58-63(49)67(86)81(66(58)85)60-29-30-62(82)75-65(60)84/h8,10-11,13,15-28,44,53,60,74H,3-7,12,29-43,45-47H2,1-2H3,(H,76,83)(H,75,82,84)/t53-,60?/m1/s1. The Morgan fingerprint density at radius 3 is 2.14 bits per heavy atom. The molecule has 17 nitrogen and oxygen atoms in total. The molecule has 5 aromatic rings. The lowest BCUT2D eigenvalue weighted by molar-refractivity contribution is -0.136. The summed E-state index contributed by atoms with van der Waals surface area (Å²) >= 11 is 7.66. The quantitative estimate of drug-likeness (QED) is 0.0227. The number of hydrogen-bond acceptors (Lipinski definition) is 15. The highest BCUT2D eigenvalue weighted by Crippen LogP contribution is 2.43. The van der Waals surface area contributed by atoms with Gasteiger partial charge in [-0.15, -0.1) is 11.8 Å². The maximum Gasteiger partial charge on any atom is 0.501 e. The van der Waals surface area contributed by atoms with Crippen LogP contribution in [0.2, 0.25) is 5.02 Å². The van der Waals surface area contributed by atoms with E-state index in [-0.39, 0.29) is 34.9 Å². The minimum atomic E-state index is -6.13. The number of carbonyl (C=O) groups is 5. The van der Waals surface area contributed by atoms with Crippen molar-refractivity contribution >= 4 is 89.7 Å². The number of sulfone groups is 1. The number of carbonyl (C=O) groups excluding carboxylic acids is 5. The third-order valence-corrected chi connectivity index (χ3v) is 22.3. The zero-order valence-corrected chi connectivity index (χ0v) is 55.4. The summed E-state index contributed by atoms with van der Waals surface area (Å²) in [5.74, 6) is 3.23. The van der Waals surface area contributed by atoms with E-state index in [2.05, 4.69) is 68.1 Å². The predicted molar refractivity (Wildman–Crippen MR) is 355 cm³/mol. The molecule has 494 valence electrons. The van der Waals surface area contributed by atoms with Crippen LogP contribution in [0.1, 0.15) is 133 Å². The third kappa shape index (κ3) is 17.3. The molecule has 4 heterocycles. The van der Waals surface area contributed by atoms with Crippen molar-refractivity contribution < 1.29 is 54.0 Å². The van der Waals surface area contributed by atoms with Gasteiger partial charge in [-0.05, 0) is 147 Å². The minimum absolute atomic E-state index is 0.0196. The van der Waals surface area contributed by atoms with Crippen LogP contribution in [-0.2, 0) is 29.4 Å². The molecule has 4 aliphatic heterocycles. The maximum absolute atomic E-state index is 14.5. The fraction of sp³-hybridized carbons (Fsp3) is 0.435. The van der Waals surface area contributed by atoms with Crippen molar-refractivity contribution in [3.05, 3.63) is 154 Å². The van der Waals surface area contributed by atoms with E-state index >= 15 is 0 Å². The number of benzene rings is 5. The topological polar surface area (TPSA) is 206 Å². The lowest BCUT2D eigenvalue weighted by atomic mass is 9.73. The van der Waals surface area contributed by atoms with Crippen LogP contribution in [-0.4, -0.2) is 161 Å². The van der Waals surface area contributed by atoms with Gasteiger partial charge in [0.1, 0.15) is 10.9 Å². The van der Waals surface area contributed by atoms with Gasteiger partial charge in [0.2, 0.25) is 11.8 Å². The average molecular weight is 1350 g/mol. The average Bonchev–Trinajstić information content (AvgIpc) is 1.77. The summed E-state index contributed by atoms with van der Waals surface area (Å²) in [5, 5.41) is 5.97. The van der Waals surface area contributed by atoms with Crippen LogP contribution < -0.4 is 20.3 Å². The smallest absolute Gasteiger partial charge is 0.380 e. The number of sulfonamides is 1. The van der Waals surface area contributed by atoms with Gasteiger partial charge in [0.25, 0.3) is 37.6 Å². The van der Waals surface area contributed by atoms with E-state index < -0.39 is 82.5 Å². The second-order valence-electron chi connectivity index (χ2n) is 25.2. The Morgan fingerprint density at radius 1 is 0.763 bits per heavy atom. The highest BCUT2D eigenvalue weighted by molar-refractivity contribution is 7.99. The summed E-state index contributed by atoms with van der Waals surface area (Å²) in [6, 6.07) is 29.6. The largest absolute Gasteiger partial charge is 0.501 e. The normalized spacial score (nSPS) is 18.8. The molecular weight excluding hydrogens is 1270 g/mol. The van der Waals surface area contributed by atoms with Gasteiger partial charge in [-0.1, -0.05) is 98.5 Å². The number of halogens is 4. The van der Waals surface area contributed by atoms with E-state index in [1.807, 2.05) is 47.2 Å². The monoisotopic (exact) mass is 1350 g/mol. The Labute approximate surface area is 552 Å². The number of nitrogens with zero attached hydrogens (tertiary/aromatic N) is 5. The van der Waals surface area contributed by atoms with Crippen molar-refractivity contribution in [1.29, 1.82) is 0 Å². The number of rotatable bonds is 24. The van der Waals surface area contributed by atoms with Gasteiger partial charge in [-0.3, -0.25) is 39.1 Å². The molecule has 5 amide bonds. The molecule has 0 saturated carbocycles. The predicted octanol–water partition coefficient (Wildman–Crippen LogP) is 10.9. The number of imide groups is 2. The molecule has 0 spiro atoms. The van der Waals surface area contributed by atoms with Gasteiger partial charge < -0.3 is 20.0 Å². The van der Waals surface area contributed by atoms with E-state index in [9.17, 15) is 54.0 Å². The molecule has 10 rings (SSSR count). The van der Waals surface area contributed by atoms with Crippen LogP contribution in [0.5, 0.6) is 0 Å². The number of hydrogen-bond donors (Lipinski definition) is 3. The van der Waals surface area contributed by atoms with E-state index in [0.717, 1.165) is 144 Å². The summed E-state index contributed by atoms with van der Waals surface area (Å²) in [7, 11) is -11.0. The first-order valence-corrected chi connectivity index (χ1v) is 36.1. The summed E-state index contributed by atoms with van der Waals surface area (Å²) in [5.41, 5.74) is -0.368. The van der Waals surface area contributed by atoms with Gasteiger partial charge in [-0.2, -0.15) is 13.2 Å². The molecule has 0 radical (unpaired) electrons. The van der Waals surface area contributed by atoms with Crippen molar-refractivity contribution in [2.45, 2.75) is 123 Å². The molecule has 24 heteroatoms. The van der Waals surface area contributed by atoms with E-state index in [1.165, 1.54) is 40.6 Å². The molecule has 2 atom stereocenters. The molecule has 5 aliphatic rings. The Balaban J connectivity index is 0.696. The Morgan fingerprint density at radius 2 is 1.44 bits per heavy atom. The molecule has 1 aliphatic carbocycles. The number of allylic oxidation sites excluding steroid dienone is 1. The molecule has 3 N–H and O–H groups in total. The first kappa shape index (κ1) is 68.8. The molecule has 1 unspecified atom stereocenters. The number of amides is 5. The lowest BCUT2D eigenvalue weighted by Gasteiger charge is -2.39. The number of piperazine rings is 2. The number of anilines is 2. The van der Waals surface area contributed by atoms with Crippen LogP contribution in [0.25, 0.3) is 5.57 Å². The molecule has 3 fully saturated rings. The second kappa shape index (κ2) is 30.1. The molecule has 5 aromatic carbocycles. The third-order valence-electron chi connectivity index (χ3n) is 18.0. The van der Waals surface area contributed by atoms with Crippen molar-refractivity contribution in [2.75, 3.05) is 88.0 Å². The van der Waals surface area contributed by atoms with E-state index in [4.69, 9.17) is 11.6 Å². The van der Waals surface area contributed by atoms with Crippen molar-refractivity contribution in [3.63, 3.8) is 0 Å². The zero-order valence-electron chi connectivity index (χ0n) is 52.2. The number of thioether (sulfide) groups is 1. The molecule has 93 heavy (non-hydrogen) atoms. The first-order valence-electron chi connectivity index (χ1n) is 31.7. The van der Waals surface area contributed by atoms with Crippen LogP contribution in [0, 0.1) is 17.3 Å². The summed E-state index contributed by atoms with van der Waals surface area (Å²) in [4.78, 5) is 73.3. The number of unbranched alkanes of at least 4 members (excludes halogenated alkanes) is 5. The van der Waals surface area contributed by atoms with Gasteiger partial charge in [0.05, 0.1) is 21.7 Å². The fourth-order valence-corrected chi connectivity index (χ4v) is 15.9. The van der Waals surface area contributed by atoms with Crippen molar-refractivity contribution in [2.24, 2.45) is 5.41 Å². The van der Waals surface area contributed by atoms with Gasteiger partial charge in [0.15, 0.2) is 0 Å². The summed E-state index contributed by atoms with van der Waals surface area (Å²) in [6.07, 6.45) is 9.08. The lowest BCUT2D eigenvalue weighted by Crippen LogP contribution is -2.54. The van der Waals surface area contributed by atoms with Crippen LogP contribution in [0.3, 0.4) is 0 Å². The van der Waals surface area contributed by atoms with Crippen LogP contribution >= 0.6 is 23.4 Å². The Kier molecular flexibility index (Phi) is 22.3. The SMILES string of the molecule is CC1(C)CCC(c2ccc(Cl)cc2)=C(CN2CCN(c3ccc(C(=O)NS(=O)(=O)c4ccc(N[C@H](CCN5CCN(CCCCCCCC#Cc6cccc7c6C(=O)N(C6CCC(=O)NC6=O)C7=O)CC5)CSc5ccccc5)c(S(=O)(=O)C(F)(F)F)c4)cc3)CC2)C1. The number of alkyl halides is 3. The van der Waals surface area contributed by atoms with Gasteiger partial charge in [0, 0.05) is 117 Å².